The summed E-state index contributed by atoms with van der Waals surface area (Å²) in [5.74, 6) is -1.98. The number of rotatable bonds is 3. The first-order chi connectivity index (χ1) is 13.1. The number of aryl methyl sites for hydroxylation is 1. The largest absolute Gasteiger partial charge is 0.468 e. The fourth-order valence-corrected chi connectivity index (χ4v) is 3.39. The Morgan fingerprint density at radius 1 is 1.11 bits per heavy atom. The van der Waals surface area contributed by atoms with E-state index >= 15 is 0 Å². The van der Waals surface area contributed by atoms with Crippen LogP contribution in [0.25, 0.3) is 11.3 Å². The molecule has 1 aliphatic heterocycles. The van der Waals surface area contributed by atoms with E-state index in [0.29, 0.717) is 0 Å². The van der Waals surface area contributed by atoms with Gasteiger partial charge in [-0.25, -0.2) is 4.39 Å². The molecule has 0 aliphatic carbocycles. The van der Waals surface area contributed by atoms with Gasteiger partial charge in [-0.05, 0) is 55.8 Å². The summed E-state index contributed by atoms with van der Waals surface area (Å²) >= 11 is 0. The zero-order valence-electron chi connectivity index (χ0n) is 14.9. The maximum absolute atomic E-state index is 14.2. The van der Waals surface area contributed by atoms with Crippen molar-refractivity contribution in [3.8, 4) is 17.0 Å². The third kappa shape index (κ3) is 3.53. The summed E-state index contributed by atoms with van der Waals surface area (Å²) in [6, 6.07) is 13.8. The number of fused-ring (bicyclic) bond motifs is 1. The van der Waals surface area contributed by atoms with E-state index in [0.717, 1.165) is 47.8 Å². The molecule has 138 valence electrons. The molecule has 6 heteroatoms. The Morgan fingerprint density at radius 3 is 2.81 bits per heavy atom. The molecular weight excluding hydrogens is 348 g/mol. The molecule has 2 heterocycles. The topological polar surface area (TPSA) is 38.2 Å². The average Bonchev–Trinajstić information content (AvgIpc) is 2.84. The van der Waals surface area contributed by atoms with E-state index in [9.17, 15) is 8.78 Å². The zero-order chi connectivity index (χ0) is 18.8. The molecule has 2 aromatic carbocycles. The molecule has 1 aromatic heterocycles. The Morgan fingerprint density at radius 2 is 2.00 bits per heavy atom. The van der Waals surface area contributed by atoms with Crippen molar-refractivity contribution in [1.29, 1.82) is 0 Å². The molecule has 1 aliphatic rings. The molecule has 0 saturated heterocycles. The van der Waals surface area contributed by atoms with Crippen LogP contribution in [0, 0.1) is 11.6 Å². The molecule has 3 aromatic rings. The van der Waals surface area contributed by atoms with Crippen molar-refractivity contribution in [3.05, 3.63) is 77.5 Å². The van der Waals surface area contributed by atoms with Gasteiger partial charge in [0.2, 0.25) is 5.82 Å². The highest BCUT2D eigenvalue weighted by atomic mass is 19.2. The van der Waals surface area contributed by atoms with Crippen molar-refractivity contribution in [2.24, 2.45) is 0 Å². The van der Waals surface area contributed by atoms with Gasteiger partial charge in [0.25, 0.3) is 0 Å². The van der Waals surface area contributed by atoms with Crippen LogP contribution in [0.2, 0.25) is 0 Å². The third-order valence-electron chi connectivity index (χ3n) is 4.79. The highest BCUT2D eigenvalue weighted by molar-refractivity contribution is 5.61. The minimum Gasteiger partial charge on any atom is -0.468 e. The number of benzene rings is 2. The lowest BCUT2D eigenvalue weighted by Crippen LogP contribution is -2.29. The maximum Gasteiger partial charge on any atom is 0.200 e. The lowest BCUT2D eigenvalue weighted by atomic mass is 9.98. The van der Waals surface area contributed by atoms with Gasteiger partial charge in [0.1, 0.15) is 0 Å². The van der Waals surface area contributed by atoms with E-state index in [-0.39, 0.29) is 5.75 Å². The summed E-state index contributed by atoms with van der Waals surface area (Å²) in [7, 11) is 1.92. The molecule has 0 bridgehead atoms. The Hall–Kier alpha value is -2.86. The predicted octanol–water partition coefficient (Wildman–Crippen LogP) is 4.38. The van der Waals surface area contributed by atoms with Crippen molar-refractivity contribution in [1.82, 2.24) is 15.1 Å². The van der Waals surface area contributed by atoms with Crippen LogP contribution in [0.1, 0.15) is 23.8 Å². The fourth-order valence-electron chi connectivity index (χ4n) is 3.39. The normalized spacial score (nSPS) is 17.2. The molecule has 0 amide bonds. The van der Waals surface area contributed by atoms with Crippen molar-refractivity contribution < 1.29 is 13.5 Å². The quantitative estimate of drug-likeness (QED) is 0.689. The van der Waals surface area contributed by atoms with Gasteiger partial charge in [0.05, 0.1) is 5.69 Å². The number of aromatic nitrogens is 2. The van der Waals surface area contributed by atoms with E-state index in [1.54, 1.807) is 6.20 Å². The molecule has 0 spiro atoms. The van der Waals surface area contributed by atoms with Gasteiger partial charge in [0.15, 0.2) is 17.8 Å². The van der Waals surface area contributed by atoms with E-state index < -0.39 is 17.9 Å². The third-order valence-corrected chi connectivity index (χ3v) is 4.79. The van der Waals surface area contributed by atoms with E-state index in [1.807, 2.05) is 36.2 Å². The molecule has 0 N–H and O–H groups in total. The number of nitrogens with zero attached hydrogens (tertiary/aromatic N) is 3. The minimum atomic E-state index is -0.971. The van der Waals surface area contributed by atoms with Crippen LogP contribution in [0.5, 0.6) is 5.75 Å². The first-order valence-corrected chi connectivity index (χ1v) is 8.85. The second-order valence-corrected chi connectivity index (χ2v) is 6.63. The van der Waals surface area contributed by atoms with Crippen molar-refractivity contribution in [2.75, 3.05) is 13.6 Å². The first-order valence-electron chi connectivity index (χ1n) is 8.85. The zero-order valence-corrected chi connectivity index (χ0v) is 14.9. The Labute approximate surface area is 156 Å². The first kappa shape index (κ1) is 17.5. The van der Waals surface area contributed by atoms with Crippen molar-refractivity contribution >= 4 is 0 Å². The fraction of sp³-hybridized carbons (Fsp3) is 0.238. The number of ether oxygens (including phenoxy) is 1. The van der Waals surface area contributed by atoms with Gasteiger partial charge in [-0.1, -0.05) is 18.2 Å². The second kappa shape index (κ2) is 7.40. The molecule has 1 atom stereocenters. The minimum absolute atomic E-state index is 0.0930. The molecule has 0 saturated carbocycles. The van der Waals surface area contributed by atoms with Crippen LogP contribution in [-0.4, -0.2) is 28.7 Å². The van der Waals surface area contributed by atoms with E-state index in [4.69, 9.17) is 4.74 Å². The van der Waals surface area contributed by atoms with Crippen molar-refractivity contribution in [2.45, 2.75) is 19.1 Å². The maximum atomic E-state index is 14.2. The van der Waals surface area contributed by atoms with Crippen LogP contribution in [0.15, 0.2) is 54.7 Å². The lowest BCUT2D eigenvalue weighted by Gasteiger charge is -2.28. The molecule has 0 fully saturated rings. The molecular formula is C21H19F2N3O. The van der Waals surface area contributed by atoms with Crippen LogP contribution >= 0.6 is 0 Å². The summed E-state index contributed by atoms with van der Waals surface area (Å²) in [6.07, 6.45) is 2.96. The summed E-state index contributed by atoms with van der Waals surface area (Å²) < 4.78 is 33.7. The molecule has 1 unspecified atom stereocenters. The Bertz CT molecular complexity index is 949. The summed E-state index contributed by atoms with van der Waals surface area (Å²) in [4.78, 5) is 2.01. The number of halogens is 2. The Balaban J connectivity index is 1.77. The summed E-state index contributed by atoms with van der Waals surface area (Å²) in [5, 5.41) is 8.09. The van der Waals surface area contributed by atoms with Crippen molar-refractivity contribution in [3.63, 3.8) is 0 Å². The van der Waals surface area contributed by atoms with Crippen LogP contribution in [0.3, 0.4) is 0 Å². The van der Waals surface area contributed by atoms with Crippen LogP contribution < -0.4 is 4.74 Å². The molecule has 27 heavy (non-hydrogen) atoms. The van der Waals surface area contributed by atoms with Crippen LogP contribution in [0.4, 0.5) is 8.78 Å². The van der Waals surface area contributed by atoms with Gasteiger partial charge in [-0.15, -0.1) is 0 Å². The highest BCUT2D eigenvalue weighted by Crippen LogP contribution is 2.34. The van der Waals surface area contributed by atoms with E-state index in [1.165, 1.54) is 12.1 Å². The number of hydrogen-bond donors (Lipinski definition) is 0. The summed E-state index contributed by atoms with van der Waals surface area (Å²) in [6.45, 7) is 0.788. The standard InChI is InChI=1S/C21H19F2N3O/c1-26-12-4-5-14-9-10-15(18-7-3-11-24-25-18)13-16(14)21(26)27-19-8-2-6-17(22)20(19)23/h2-3,6-11,13,21H,4-5,12H2,1H3. The van der Waals surface area contributed by atoms with Gasteiger partial charge in [0, 0.05) is 23.9 Å². The van der Waals surface area contributed by atoms with Gasteiger partial charge in [-0.3, -0.25) is 4.90 Å². The average molecular weight is 367 g/mol. The molecule has 4 rings (SSSR count). The van der Waals surface area contributed by atoms with Crippen LogP contribution in [-0.2, 0) is 6.42 Å². The van der Waals surface area contributed by atoms with Gasteiger partial charge >= 0.3 is 0 Å². The monoisotopic (exact) mass is 367 g/mol. The Kier molecular flexibility index (Phi) is 4.81. The number of hydrogen-bond acceptors (Lipinski definition) is 4. The molecule has 0 radical (unpaired) electrons. The predicted molar refractivity (Wildman–Crippen MR) is 98.1 cm³/mol. The lowest BCUT2D eigenvalue weighted by molar-refractivity contribution is 0.0427. The summed E-state index contributed by atoms with van der Waals surface area (Å²) in [5.41, 5.74) is 3.73. The highest BCUT2D eigenvalue weighted by Gasteiger charge is 2.27. The van der Waals surface area contributed by atoms with Gasteiger partial charge in [-0.2, -0.15) is 14.6 Å². The van der Waals surface area contributed by atoms with Gasteiger partial charge < -0.3 is 4.74 Å². The second-order valence-electron chi connectivity index (χ2n) is 6.63. The SMILES string of the molecule is CN1CCCc2ccc(-c3cccnn3)cc2C1Oc1cccc(F)c1F. The van der Waals surface area contributed by atoms with E-state index in [2.05, 4.69) is 16.3 Å². The smallest absolute Gasteiger partial charge is 0.200 e. The molecule has 4 nitrogen and oxygen atoms in total.